The SMILES string of the molecule is C=C(CC1c2cc(CC)ccc2N(C)C1C)C(C)C. The Hall–Kier alpha value is -1.24. The molecule has 19 heavy (non-hydrogen) atoms. The van der Waals surface area contributed by atoms with Crippen LogP contribution in [-0.2, 0) is 6.42 Å². The van der Waals surface area contributed by atoms with Crippen LogP contribution in [0.25, 0.3) is 0 Å². The van der Waals surface area contributed by atoms with Crippen molar-refractivity contribution in [3.63, 3.8) is 0 Å². The number of rotatable bonds is 4. The van der Waals surface area contributed by atoms with Crippen molar-refractivity contribution in [1.82, 2.24) is 0 Å². The Morgan fingerprint density at radius 1 is 1.37 bits per heavy atom. The van der Waals surface area contributed by atoms with Crippen LogP contribution in [-0.4, -0.2) is 13.1 Å². The molecular weight excluding hydrogens is 230 g/mol. The van der Waals surface area contributed by atoms with E-state index >= 15 is 0 Å². The zero-order valence-electron chi connectivity index (χ0n) is 13.0. The third-order valence-corrected chi connectivity index (χ3v) is 4.77. The fourth-order valence-electron chi connectivity index (χ4n) is 2.99. The first-order valence-corrected chi connectivity index (χ1v) is 7.49. The summed E-state index contributed by atoms with van der Waals surface area (Å²) in [6.45, 7) is 13.3. The van der Waals surface area contributed by atoms with E-state index in [0.717, 1.165) is 12.8 Å². The Balaban J connectivity index is 2.33. The molecule has 0 N–H and O–H groups in total. The standard InChI is InChI=1S/C18H27N/c1-7-15-8-9-18-17(11-15)16(14(5)19(18)6)10-13(4)12(2)3/h8-9,11-12,14,16H,4,7,10H2,1-3,5-6H3. The van der Waals surface area contributed by atoms with E-state index in [4.69, 9.17) is 0 Å². The minimum Gasteiger partial charge on any atom is -0.371 e. The summed E-state index contributed by atoms with van der Waals surface area (Å²) in [7, 11) is 2.22. The van der Waals surface area contributed by atoms with Gasteiger partial charge >= 0.3 is 0 Å². The predicted octanol–water partition coefficient (Wildman–Crippen LogP) is 4.77. The highest BCUT2D eigenvalue weighted by atomic mass is 15.2. The average Bonchev–Trinajstić information content (AvgIpc) is 2.63. The summed E-state index contributed by atoms with van der Waals surface area (Å²) in [4.78, 5) is 2.42. The Morgan fingerprint density at radius 3 is 2.63 bits per heavy atom. The highest BCUT2D eigenvalue weighted by Gasteiger charge is 2.33. The van der Waals surface area contributed by atoms with Crippen LogP contribution in [0.15, 0.2) is 30.4 Å². The second kappa shape index (κ2) is 5.40. The minimum absolute atomic E-state index is 0.567. The number of anilines is 1. The highest BCUT2D eigenvalue weighted by molar-refractivity contribution is 5.62. The fourth-order valence-corrected chi connectivity index (χ4v) is 2.99. The fraction of sp³-hybridized carbons (Fsp3) is 0.556. The van der Waals surface area contributed by atoms with Crippen molar-refractivity contribution in [3.05, 3.63) is 41.5 Å². The minimum atomic E-state index is 0.567. The Kier molecular flexibility index (Phi) is 4.03. The van der Waals surface area contributed by atoms with E-state index in [9.17, 15) is 0 Å². The lowest BCUT2D eigenvalue weighted by Gasteiger charge is -2.24. The zero-order chi connectivity index (χ0) is 14.2. The molecule has 2 unspecified atom stereocenters. The second-order valence-electron chi connectivity index (χ2n) is 6.22. The summed E-state index contributed by atoms with van der Waals surface area (Å²) in [6, 6.07) is 7.54. The summed E-state index contributed by atoms with van der Waals surface area (Å²) >= 11 is 0. The topological polar surface area (TPSA) is 3.24 Å². The van der Waals surface area contributed by atoms with Crippen LogP contribution in [0.3, 0.4) is 0 Å². The molecule has 0 bridgehead atoms. The Labute approximate surface area is 118 Å². The number of aryl methyl sites for hydroxylation is 1. The molecule has 1 nitrogen and oxygen atoms in total. The molecule has 1 aliphatic heterocycles. The summed E-state index contributed by atoms with van der Waals surface area (Å²) in [6.07, 6.45) is 2.23. The molecular formula is C18H27N. The number of nitrogens with zero attached hydrogens (tertiary/aromatic N) is 1. The van der Waals surface area contributed by atoms with Gasteiger partial charge in [0.1, 0.15) is 0 Å². The van der Waals surface area contributed by atoms with Gasteiger partial charge in [-0.25, -0.2) is 0 Å². The van der Waals surface area contributed by atoms with E-state index < -0.39 is 0 Å². The maximum absolute atomic E-state index is 4.27. The van der Waals surface area contributed by atoms with Gasteiger partial charge in [0.05, 0.1) is 0 Å². The van der Waals surface area contributed by atoms with Crippen LogP contribution < -0.4 is 4.90 Å². The molecule has 1 aromatic rings. The van der Waals surface area contributed by atoms with Gasteiger partial charge < -0.3 is 4.90 Å². The Morgan fingerprint density at radius 2 is 2.05 bits per heavy atom. The largest absolute Gasteiger partial charge is 0.371 e. The molecule has 0 aromatic heterocycles. The predicted molar refractivity (Wildman–Crippen MR) is 85.0 cm³/mol. The molecule has 0 amide bonds. The smallest absolute Gasteiger partial charge is 0.0402 e. The van der Waals surface area contributed by atoms with Gasteiger partial charge in [0.2, 0.25) is 0 Å². The van der Waals surface area contributed by atoms with Crippen molar-refractivity contribution < 1.29 is 0 Å². The highest BCUT2D eigenvalue weighted by Crippen LogP contribution is 2.44. The number of likely N-dealkylation sites (N-methyl/N-ethyl adjacent to an activating group) is 1. The molecule has 2 rings (SSSR count). The normalized spacial score (nSPS) is 21.9. The number of hydrogen-bond acceptors (Lipinski definition) is 1. The first kappa shape index (κ1) is 14.2. The quantitative estimate of drug-likeness (QED) is 0.702. The number of benzene rings is 1. The molecule has 0 fully saturated rings. The Bertz CT molecular complexity index is 473. The summed E-state index contributed by atoms with van der Waals surface area (Å²) in [5.74, 6) is 1.18. The zero-order valence-corrected chi connectivity index (χ0v) is 13.0. The van der Waals surface area contributed by atoms with Crippen LogP contribution in [0.1, 0.15) is 51.2 Å². The van der Waals surface area contributed by atoms with Gasteiger partial charge in [0.15, 0.2) is 0 Å². The lowest BCUT2D eigenvalue weighted by atomic mass is 9.85. The number of fused-ring (bicyclic) bond motifs is 1. The van der Waals surface area contributed by atoms with Gasteiger partial charge in [-0.05, 0) is 42.9 Å². The number of allylic oxidation sites excluding steroid dienone is 1. The molecule has 1 heterocycles. The lowest BCUT2D eigenvalue weighted by Crippen LogP contribution is -2.27. The van der Waals surface area contributed by atoms with Gasteiger partial charge in [-0.2, -0.15) is 0 Å². The molecule has 0 radical (unpaired) electrons. The molecule has 0 saturated heterocycles. The molecule has 104 valence electrons. The molecule has 0 aliphatic carbocycles. The number of hydrogen-bond donors (Lipinski definition) is 0. The van der Waals surface area contributed by atoms with Crippen LogP contribution in [0.5, 0.6) is 0 Å². The van der Waals surface area contributed by atoms with Crippen LogP contribution >= 0.6 is 0 Å². The van der Waals surface area contributed by atoms with Crippen molar-refractivity contribution >= 4 is 5.69 Å². The molecule has 1 aromatic carbocycles. The first-order valence-electron chi connectivity index (χ1n) is 7.49. The van der Waals surface area contributed by atoms with Crippen LogP contribution in [0.4, 0.5) is 5.69 Å². The van der Waals surface area contributed by atoms with Crippen molar-refractivity contribution in [3.8, 4) is 0 Å². The first-order chi connectivity index (χ1) is 8.95. The van der Waals surface area contributed by atoms with E-state index in [1.165, 1.54) is 22.4 Å². The van der Waals surface area contributed by atoms with E-state index in [0.29, 0.717) is 17.9 Å². The van der Waals surface area contributed by atoms with Gasteiger partial charge in [0.25, 0.3) is 0 Å². The van der Waals surface area contributed by atoms with Crippen LogP contribution in [0.2, 0.25) is 0 Å². The lowest BCUT2D eigenvalue weighted by molar-refractivity contribution is 0.552. The van der Waals surface area contributed by atoms with Gasteiger partial charge in [-0.3, -0.25) is 0 Å². The van der Waals surface area contributed by atoms with Crippen LogP contribution in [0, 0.1) is 5.92 Å². The summed E-state index contributed by atoms with van der Waals surface area (Å²) < 4.78 is 0. The average molecular weight is 257 g/mol. The van der Waals surface area contributed by atoms with E-state index in [1.807, 2.05) is 0 Å². The summed E-state index contributed by atoms with van der Waals surface area (Å²) in [5.41, 5.74) is 5.75. The van der Waals surface area contributed by atoms with E-state index in [2.05, 4.69) is 64.4 Å². The monoisotopic (exact) mass is 257 g/mol. The second-order valence-corrected chi connectivity index (χ2v) is 6.22. The van der Waals surface area contributed by atoms with E-state index in [-0.39, 0.29) is 0 Å². The van der Waals surface area contributed by atoms with Crippen molar-refractivity contribution in [2.75, 3.05) is 11.9 Å². The molecule has 0 saturated carbocycles. The van der Waals surface area contributed by atoms with Crippen molar-refractivity contribution in [2.45, 2.75) is 52.5 Å². The van der Waals surface area contributed by atoms with E-state index in [1.54, 1.807) is 0 Å². The molecule has 0 spiro atoms. The van der Waals surface area contributed by atoms with Gasteiger partial charge in [0, 0.05) is 24.7 Å². The molecule has 1 heteroatoms. The molecule has 1 aliphatic rings. The van der Waals surface area contributed by atoms with Gasteiger partial charge in [-0.1, -0.05) is 45.1 Å². The maximum atomic E-state index is 4.27. The molecule has 2 atom stereocenters. The third-order valence-electron chi connectivity index (χ3n) is 4.77. The summed E-state index contributed by atoms with van der Waals surface area (Å²) in [5, 5.41) is 0. The maximum Gasteiger partial charge on any atom is 0.0402 e. The van der Waals surface area contributed by atoms with Crippen molar-refractivity contribution in [2.24, 2.45) is 5.92 Å². The third kappa shape index (κ3) is 2.56. The van der Waals surface area contributed by atoms with Crippen molar-refractivity contribution in [1.29, 1.82) is 0 Å². The van der Waals surface area contributed by atoms with Gasteiger partial charge in [-0.15, -0.1) is 0 Å².